The van der Waals surface area contributed by atoms with Crippen molar-refractivity contribution in [1.82, 2.24) is 9.46 Å². The molecule has 1 saturated heterocycles. The van der Waals surface area contributed by atoms with E-state index in [1.807, 2.05) is 60.4 Å². The third kappa shape index (κ3) is 4.56. The fourth-order valence-electron chi connectivity index (χ4n) is 4.91. The summed E-state index contributed by atoms with van der Waals surface area (Å²) in [5, 5.41) is 3.93. The van der Waals surface area contributed by atoms with Crippen molar-refractivity contribution in [2.75, 3.05) is 24.5 Å². The van der Waals surface area contributed by atoms with Crippen LogP contribution in [0.1, 0.15) is 41.0 Å². The van der Waals surface area contributed by atoms with Crippen molar-refractivity contribution in [3.8, 4) is 0 Å². The molecule has 182 valence electrons. The lowest BCUT2D eigenvalue weighted by Crippen LogP contribution is -2.44. The second kappa shape index (κ2) is 9.43. The molecule has 0 aliphatic carbocycles. The van der Waals surface area contributed by atoms with Crippen LogP contribution in [0.2, 0.25) is 0 Å². The molecular weight excluding hydrogens is 462 g/mol. The summed E-state index contributed by atoms with van der Waals surface area (Å²) in [6.45, 7) is 4.92. The van der Waals surface area contributed by atoms with Gasteiger partial charge < -0.3 is 9.42 Å². The quantitative estimate of drug-likeness (QED) is 0.527. The average molecular weight is 492 g/mol. The third-order valence-electron chi connectivity index (χ3n) is 6.89. The molecule has 0 atom stereocenters. The Morgan fingerprint density at radius 1 is 1.00 bits per heavy atom. The van der Waals surface area contributed by atoms with Gasteiger partial charge in [0.2, 0.25) is 15.9 Å². The third-order valence-corrected chi connectivity index (χ3v) is 8.95. The maximum absolute atomic E-state index is 13.5. The van der Waals surface area contributed by atoms with Crippen LogP contribution in [0.15, 0.2) is 57.9 Å². The predicted octanol–water partition coefficient (Wildman–Crippen LogP) is 4.45. The summed E-state index contributed by atoms with van der Waals surface area (Å²) >= 11 is 0. The Hall–Kier alpha value is -3.23. The van der Waals surface area contributed by atoms with Crippen LogP contribution in [0.4, 0.5) is 5.69 Å². The van der Waals surface area contributed by atoms with Crippen molar-refractivity contribution < 1.29 is 17.7 Å². The van der Waals surface area contributed by atoms with Crippen LogP contribution < -0.4 is 4.90 Å². The molecule has 0 bridgehead atoms. The largest absolute Gasteiger partial charge is 0.355 e. The molecule has 2 aliphatic rings. The van der Waals surface area contributed by atoms with Gasteiger partial charge in [0.1, 0.15) is 5.69 Å². The highest BCUT2D eigenvalue weighted by atomic mass is 32.2. The van der Waals surface area contributed by atoms with Crippen molar-refractivity contribution in [3.05, 3.63) is 76.7 Å². The number of aryl methyl sites for hydroxylation is 2. The molecule has 0 N–H and O–H groups in total. The molecule has 3 aromatic rings. The lowest BCUT2D eigenvalue weighted by Gasteiger charge is -2.32. The number of nitrogens with zero attached hydrogens (tertiary/aromatic N) is 3. The minimum absolute atomic E-state index is 0.0925. The molecule has 7 nitrogen and oxygen atoms in total. The van der Waals surface area contributed by atoms with Crippen molar-refractivity contribution in [1.29, 1.82) is 0 Å². The van der Waals surface area contributed by atoms with Crippen molar-refractivity contribution in [2.45, 2.75) is 38.0 Å². The van der Waals surface area contributed by atoms with Gasteiger partial charge in [-0.2, -0.15) is 4.31 Å². The second-order valence-electron chi connectivity index (χ2n) is 9.25. The van der Waals surface area contributed by atoms with E-state index in [0.29, 0.717) is 38.2 Å². The van der Waals surface area contributed by atoms with E-state index in [0.717, 1.165) is 23.2 Å². The van der Waals surface area contributed by atoms with Gasteiger partial charge in [-0.15, -0.1) is 0 Å². The van der Waals surface area contributed by atoms with Gasteiger partial charge in [0.15, 0.2) is 10.7 Å². The minimum Gasteiger partial charge on any atom is -0.355 e. The molecule has 8 heteroatoms. The highest BCUT2D eigenvalue weighted by Crippen LogP contribution is 2.33. The average Bonchev–Trinajstić information content (AvgIpc) is 3.47. The Morgan fingerprint density at radius 3 is 2.46 bits per heavy atom. The molecule has 0 radical (unpaired) electrons. The zero-order chi connectivity index (χ0) is 24.6. The number of hydrogen-bond acceptors (Lipinski definition) is 5. The van der Waals surface area contributed by atoms with Crippen molar-refractivity contribution in [2.24, 2.45) is 5.92 Å². The molecular formula is C27H29N3O4S. The van der Waals surface area contributed by atoms with Gasteiger partial charge in [0, 0.05) is 31.2 Å². The van der Waals surface area contributed by atoms with E-state index in [-0.39, 0.29) is 22.5 Å². The molecule has 2 aromatic carbocycles. The molecule has 3 heterocycles. The summed E-state index contributed by atoms with van der Waals surface area (Å²) < 4.78 is 33.9. The number of sulfonamides is 1. The second-order valence-corrected chi connectivity index (χ2v) is 11.1. The topological polar surface area (TPSA) is 83.7 Å². The minimum atomic E-state index is -3.81. The van der Waals surface area contributed by atoms with Crippen molar-refractivity contribution in [3.63, 3.8) is 0 Å². The van der Waals surface area contributed by atoms with E-state index in [2.05, 4.69) is 11.2 Å². The fraction of sp³-hybridized carbons (Fsp3) is 0.333. The highest BCUT2D eigenvalue weighted by Gasteiger charge is 2.38. The fourth-order valence-corrected chi connectivity index (χ4v) is 6.63. The van der Waals surface area contributed by atoms with E-state index in [9.17, 15) is 13.2 Å². The number of piperidine rings is 1. The number of anilines is 1. The van der Waals surface area contributed by atoms with Gasteiger partial charge in [-0.25, -0.2) is 8.42 Å². The molecule has 0 saturated carbocycles. The van der Waals surface area contributed by atoms with Crippen LogP contribution in [0.25, 0.3) is 12.2 Å². The molecule has 35 heavy (non-hydrogen) atoms. The van der Waals surface area contributed by atoms with Gasteiger partial charge in [-0.05, 0) is 56.4 Å². The van der Waals surface area contributed by atoms with E-state index < -0.39 is 10.0 Å². The van der Waals surface area contributed by atoms with Gasteiger partial charge in [0.25, 0.3) is 0 Å². The smallest absolute Gasteiger partial charge is 0.248 e. The maximum atomic E-state index is 13.5. The Morgan fingerprint density at radius 2 is 1.71 bits per heavy atom. The zero-order valence-corrected chi connectivity index (χ0v) is 20.8. The summed E-state index contributed by atoms with van der Waals surface area (Å²) in [4.78, 5) is 15.2. The predicted molar refractivity (Wildman–Crippen MR) is 135 cm³/mol. The molecule has 1 amide bonds. The first kappa shape index (κ1) is 23.5. The summed E-state index contributed by atoms with van der Waals surface area (Å²) in [7, 11) is -3.81. The number of hydrogen-bond donors (Lipinski definition) is 0. The van der Waals surface area contributed by atoms with E-state index in [4.69, 9.17) is 4.52 Å². The lowest BCUT2D eigenvalue weighted by molar-refractivity contribution is -0.123. The van der Waals surface area contributed by atoms with Gasteiger partial charge in [-0.3, -0.25) is 4.79 Å². The van der Waals surface area contributed by atoms with Gasteiger partial charge >= 0.3 is 0 Å². The number of para-hydroxylation sites is 1. The molecule has 1 aromatic heterocycles. The molecule has 2 aliphatic heterocycles. The molecule has 1 fully saturated rings. The van der Waals surface area contributed by atoms with Gasteiger partial charge in [0.05, 0.1) is 0 Å². The van der Waals surface area contributed by atoms with Crippen LogP contribution in [0, 0.1) is 19.8 Å². The summed E-state index contributed by atoms with van der Waals surface area (Å²) in [5.41, 5.74) is 4.60. The molecule has 5 rings (SSSR count). The lowest BCUT2D eigenvalue weighted by atomic mass is 9.96. The number of amides is 1. The van der Waals surface area contributed by atoms with Crippen LogP contribution in [0.3, 0.4) is 0 Å². The number of benzene rings is 2. The summed E-state index contributed by atoms with van der Waals surface area (Å²) in [5.74, 6) is 0.127. The van der Waals surface area contributed by atoms with Crippen LogP contribution >= 0.6 is 0 Å². The molecule has 0 unspecified atom stereocenters. The number of aromatic nitrogens is 1. The SMILES string of the molecule is Cc1ccc(/C=C/c2onc(C)c2S(=O)(=O)N2CCC(C(=O)N3CCc4ccccc43)CC2)cc1. The Bertz CT molecular complexity index is 1370. The summed E-state index contributed by atoms with van der Waals surface area (Å²) in [6, 6.07) is 15.9. The molecule has 0 spiro atoms. The highest BCUT2D eigenvalue weighted by molar-refractivity contribution is 7.89. The normalized spacial score (nSPS) is 17.3. The van der Waals surface area contributed by atoms with Crippen LogP contribution in [-0.4, -0.2) is 43.4 Å². The van der Waals surface area contributed by atoms with Crippen LogP contribution in [-0.2, 0) is 21.2 Å². The first-order chi connectivity index (χ1) is 16.8. The number of rotatable bonds is 5. The maximum Gasteiger partial charge on any atom is 0.248 e. The summed E-state index contributed by atoms with van der Waals surface area (Å²) in [6.07, 6.45) is 5.32. The number of carbonyl (C=O) groups excluding carboxylic acids is 1. The standard InChI is InChI=1S/C27H29N3O4S/c1-19-7-9-21(10-8-19)11-12-25-26(20(2)28-34-25)35(32,33)29-16-13-23(14-17-29)27(31)30-18-15-22-5-3-4-6-24(22)30/h3-12,23H,13-18H2,1-2H3/b12-11+. The van der Waals surface area contributed by atoms with Crippen LogP contribution in [0.5, 0.6) is 0 Å². The first-order valence-electron chi connectivity index (χ1n) is 11.9. The Labute approximate surface area is 206 Å². The monoisotopic (exact) mass is 491 g/mol. The number of carbonyl (C=O) groups is 1. The Balaban J connectivity index is 1.29. The van der Waals surface area contributed by atoms with E-state index in [1.54, 1.807) is 13.0 Å². The van der Waals surface area contributed by atoms with Gasteiger partial charge in [-0.1, -0.05) is 59.3 Å². The first-order valence-corrected chi connectivity index (χ1v) is 13.4. The zero-order valence-electron chi connectivity index (χ0n) is 20.0. The van der Waals surface area contributed by atoms with E-state index >= 15 is 0 Å². The van der Waals surface area contributed by atoms with E-state index in [1.165, 1.54) is 9.87 Å². The number of fused-ring (bicyclic) bond motifs is 1. The Kier molecular flexibility index (Phi) is 6.34. The van der Waals surface area contributed by atoms with Crippen molar-refractivity contribution >= 4 is 33.8 Å².